The Morgan fingerprint density at radius 2 is 2.03 bits per heavy atom. The highest BCUT2D eigenvalue weighted by atomic mass is 32.1. The van der Waals surface area contributed by atoms with Crippen LogP contribution in [0.15, 0.2) is 46.8 Å². The van der Waals surface area contributed by atoms with Crippen molar-refractivity contribution in [2.45, 2.75) is 25.3 Å². The van der Waals surface area contributed by atoms with Gasteiger partial charge < -0.3 is 19.9 Å². The maximum atomic E-state index is 11.7. The van der Waals surface area contributed by atoms with E-state index in [9.17, 15) is 9.90 Å². The lowest BCUT2D eigenvalue weighted by Crippen LogP contribution is -2.11. The second kappa shape index (κ2) is 9.18. The van der Waals surface area contributed by atoms with E-state index in [1.807, 2.05) is 35.9 Å². The fraction of sp³-hybridized carbons (Fsp3) is 0.261. The number of carboxylic acids is 1. The quantitative estimate of drug-likeness (QED) is 0.546. The summed E-state index contributed by atoms with van der Waals surface area (Å²) in [7, 11) is 3.22. The minimum atomic E-state index is -1.01. The molecule has 160 valence electrons. The van der Waals surface area contributed by atoms with E-state index in [1.54, 1.807) is 37.7 Å². The highest BCUT2D eigenvalue weighted by Gasteiger charge is 2.21. The minimum absolute atomic E-state index is 0.0328. The normalized spacial score (nSPS) is 15.1. The van der Waals surface area contributed by atoms with Crippen molar-refractivity contribution in [1.82, 2.24) is 4.98 Å². The molecule has 2 N–H and O–H groups in total. The number of benzene rings is 1. The van der Waals surface area contributed by atoms with Crippen LogP contribution in [0.2, 0.25) is 0 Å². The van der Waals surface area contributed by atoms with Crippen molar-refractivity contribution in [3.05, 3.63) is 63.5 Å². The molecule has 0 radical (unpaired) electrons. The highest BCUT2D eigenvalue weighted by molar-refractivity contribution is 7.09. The van der Waals surface area contributed by atoms with Gasteiger partial charge in [-0.3, -0.25) is 4.99 Å². The van der Waals surface area contributed by atoms with Gasteiger partial charge in [-0.2, -0.15) is 0 Å². The number of thiophene rings is 1. The topological polar surface area (TPSA) is 93.0 Å². The minimum Gasteiger partial charge on any atom is -0.493 e. The molecule has 7 nitrogen and oxygen atoms in total. The van der Waals surface area contributed by atoms with E-state index < -0.39 is 5.97 Å². The van der Waals surface area contributed by atoms with Crippen LogP contribution in [-0.4, -0.2) is 36.5 Å². The number of nitrogens with one attached hydrogen (secondary N) is 1. The second-order valence-electron chi connectivity index (χ2n) is 7.13. The summed E-state index contributed by atoms with van der Waals surface area (Å²) in [5.41, 5.74) is 2.87. The van der Waals surface area contributed by atoms with Crippen LogP contribution in [0.1, 0.15) is 38.8 Å². The van der Waals surface area contributed by atoms with Gasteiger partial charge >= 0.3 is 5.97 Å². The number of aromatic nitrogens is 1. The highest BCUT2D eigenvalue weighted by Crippen LogP contribution is 2.38. The van der Waals surface area contributed by atoms with Crippen molar-refractivity contribution in [2.24, 2.45) is 4.99 Å². The molecule has 0 fully saturated rings. The molecule has 1 aliphatic rings. The van der Waals surface area contributed by atoms with Gasteiger partial charge in [-0.15, -0.1) is 11.3 Å². The van der Waals surface area contributed by atoms with Crippen molar-refractivity contribution in [2.75, 3.05) is 19.5 Å². The molecule has 0 saturated heterocycles. The number of hydrogen-bond donors (Lipinski definition) is 2. The Labute approximate surface area is 184 Å². The molecule has 3 heterocycles. The van der Waals surface area contributed by atoms with E-state index in [-0.39, 0.29) is 11.5 Å². The number of pyridine rings is 1. The molecule has 4 rings (SSSR count). The molecular weight excluding hydrogens is 414 g/mol. The number of aliphatic imine (C=N–C) groups is 1. The second-order valence-corrected chi connectivity index (χ2v) is 8.16. The van der Waals surface area contributed by atoms with Gasteiger partial charge in [0.05, 0.1) is 32.1 Å². The average Bonchev–Trinajstić information content (AvgIpc) is 3.22. The number of aryl methyl sites for hydroxylation is 1. The van der Waals surface area contributed by atoms with Crippen molar-refractivity contribution in [3.63, 3.8) is 0 Å². The third kappa shape index (κ3) is 4.54. The number of nitrogens with zero attached hydrogens (tertiary/aromatic N) is 2. The summed E-state index contributed by atoms with van der Waals surface area (Å²) in [5, 5.41) is 14.7. The Morgan fingerprint density at radius 1 is 1.23 bits per heavy atom. The summed E-state index contributed by atoms with van der Waals surface area (Å²) in [6, 6.07) is 11.2. The third-order valence-electron chi connectivity index (χ3n) is 5.24. The summed E-state index contributed by atoms with van der Waals surface area (Å²) in [6.07, 6.45) is 3.47. The van der Waals surface area contributed by atoms with Crippen LogP contribution >= 0.6 is 11.3 Å². The molecular formula is C23H23N3O4S. The summed E-state index contributed by atoms with van der Waals surface area (Å²) >= 11 is 1.61. The van der Waals surface area contributed by atoms with E-state index in [0.29, 0.717) is 23.9 Å². The molecule has 31 heavy (non-hydrogen) atoms. The van der Waals surface area contributed by atoms with Crippen molar-refractivity contribution in [3.8, 4) is 11.5 Å². The average molecular weight is 438 g/mol. The molecule has 1 atom stereocenters. The molecule has 0 saturated carbocycles. The number of hydrogen-bond acceptors (Lipinski definition) is 7. The zero-order chi connectivity index (χ0) is 21.8. The molecule has 1 aromatic carbocycles. The van der Waals surface area contributed by atoms with Gasteiger partial charge in [-0.05, 0) is 48.1 Å². The summed E-state index contributed by atoms with van der Waals surface area (Å²) in [5.74, 6) is 0.653. The molecule has 0 spiro atoms. The van der Waals surface area contributed by atoms with Crippen LogP contribution in [0.3, 0.4) is 0 Å². The van der Waals surface area contributed by atoms with Crippen LogP contribution in [0, 0.1) is 0 Å². The lowest BCUT2D eigenvalue weighted by molar-refractivity contribution is 0.0697. The first-order chi connectivity index (χ1) is 15.1. The Morgan fingerprint density at radius 3 is 2.74 bits per heavy atom. The SMILES string of the molecule is COc1cc2c(cc1OC)N=CC(c1ccc(C(=O)O)c(NCc3cccs3)n1)CC2. The number of methoxy groups -OCH3 is 2. The Balaban J connectivity index is 1.60. The smallest absolute Gasteiger partial charge is 0.339 e. The Bertz CT molecular complexity index is 1110. The molecule has 2 aromatic heterocycles. The molecule has 1 unspecified atom stereocenters. The van der Waals surface area contributed by atoms with Crippen LogP contribution < -0.4 is 14.8 Å². The first-order valence-electron chi connectivity index (χ1n) is 9.88. The van der Waals surface area contributed by atoms with Crippen LogP contribution in [0.4, 0.5) is 11.5 Å². The summed E-state index contributed by atoms with van der Waals surface area (Å²) in [6.45, 7) is 0.526. The maximum absolute atomic E-state index is 11.7. The number of anilines is 1. The molecule has 0 bridgehead atoms. The fourth-order valence-electron chi connectivity index (χ4n) is 3.58. The first-order valence-corrected chi connectivity index (χ1v) is 10.8. The standard InChI is InChI=1S/C23H23N3O4S/c1-29-20-10-14-5-6-15(12-24-19(14)11-21(20)30-2)18-8-7-17(23(27)28)22(26-18)25-13-16-4-3-9-31-16/h3-4,7-12,15H,5-6,13H2,1-2H3,(H,25,26)(H,27,28). The van der Waals surface area contributed by atoms with E-state index >= 15 is 0 Å². The van der Waals surface area contributed by atoms with Gasteiger partial charge in [0.25, 0.3) is 0 Å². The number of ether oxygens (including phenoxy) is 2. The van der Waals surface area contributed by atoms with Crippen LogP contribution in [0.5, 0.6) is 11.5 Å². The first kappa shape index (κ1) is 20.9. The molecule has 8 heteroatoms. The van der Waals surface area contributed by atoms with E-state index in [4.69, 9.17) is 9.47 Å². The van der Waals surface area contributed by atoms with E-state index in [1.165, 1.54) is 0 Å². The maximum Gasteiger partial charge on any atom is 0.339 e. The molecule has 1 aliphatic heterocycles. The van der Waals surface area contributed by atoms with E-state index in [0.717, 1.165) is 34.7 Å². The van der Waals surface area contributed by atoms with Gasteiger partial charge in [0.2, 0.25) is 0 Å². The Kier molecular flexibility index (Phi) is 6.18. The molecule has 0 amide bonds. The number of carbonyl (C=O) groups is 1. The predicted octanol–water partition coefficient (Wildman–Crippen LogP) is 4.90. The zero-order valence-corrected chi connectivity index (χ0v) is 18.1. The Hall–Kier alpha value is -3.39. The lowest BCUT2D eigenvalue weighted by atomic mass is 9.97. The molecule has 3 aromatic rings. The summed E-state index contributed by atoms with van der Waals surface area (Å²) in [4.78, 5) is 22.1. The van der Waals surface area contributed by atoms with Gasteiger partial charge in [-0.25, -0.2) is 9.78 Å². The van der Waals surface area contributed by atoms with Crippen molar-refractivity contribution < 1.29 is 19.4 Å². The third-order valence-corrected chi connectivity index (χ3v) is 6.12. The van der Waals surface area contributed by atoms with Gasteiger partial charge in [0.15, 0.2) is 11.5 Å². The van der Waals surface area contributed by atoms with Crippen LogP contribution in [0.25, 0.3) is 0 Å². The zero-order valence-electron chi connectivity index (χ0n) is 17.3. The van der Waals surface area contributed by atoms with Gasteiger partial charge in [-0.1, -0.05) is 6.07 Å². The number of fused-ring (bicyclic) bond motifs is 1. The number of carboxylic acid groups (broad SMARTS) is 1. The number of aromatic carboxylic acids is 1. The van der Waals surface area contributed by atoms with Crippen molar-refractivity contribution in [1.29, 1.82) is 0 Å². The fourth-order valence-corrected chi connectivity index (χ4v) is 4.23. The molecule has 0 aliphatic carbocycles. The summed E-state index contributed by atoms with van der Waals surface area (Å²) < 4.78 is 10.8. The van der Waals surface area contributed by atoms with E-state index in [2.05, 4.69) is 15.3 Å². The monoisotopic (exact) mass is 437 g/mol. The van der Waals surface area contributed by atoms with Gasteiger partial charge in [0, 0.05) is 23.1 Å². The van der Waals surface area contributed by atoms with Crippen molar-refractivity contribution >= 4 is 35.0 Å². The number of rotatable bonds is 7. The largest absolute Gasteiger partial charge is 0.493 e. The lowest BCUT2D eigenvalue weighted by Gasteiger charge is -2.14. The predicted molar refractivity (Wildman–Crippen MR) is 122 cm³/mol. The van der Waals surface area contributed by atoms with Crippen LogP contribution in [-0.2, 0) is 13.0 Å². The van der Waals surface area contributed by atoms with Gasteiger partial charge in [0.1, 0.15) is 11.4 Å².